The highest BCUT2D eigenvalue weighted by molar-refractivity contribution is 5.99. The maximum absolute atomic E-state index is 12.5. The fourth-order valence-corrected chi connectivity index (χ4v) is 2.52. The van der Waals surface area contributed by atoms with E-state index in [0.29, 0.717) is 6.54 Å². The van der Waals surface area contributed by atoms with Gasteiger partial charge in [0.25, 0.3) is 5.91 Å². The van der Waals surface area contributed by atoms with Crippen molar-refractivity contribution in [1.82, 2.24) is 4.90 Å². The second-order valence-electron chi connectivity index (χ2n) is 5.99. The SMILES string of the molecule is C=CCc1cc(CO)cc2c1CN(C(C)(C)C)C2=O. The quantitative estimate of drug-likeness (QED) is 0.848. The normalized spacial score (nSPS) is 14.7. The molecule has 0 aliphatic carbocycles. The summed E-state index contributed by atoms with van der Waals surface area (Å²) in [4.78, 5) is 14.4. The largest absolute Gasteiger partial charge is 0.392 e. The number of hydrogen-bond donors (Lipinski definition) is 1. The zero-order valence-corrected chi connectivity index (χ0v) is 11.9. The van der Waals surface area contributed by atoms with Crippen LogP contribution < -0.4 is 0 Å². The Labute approximate surface area is 114 Å². The zero-order valence-electron chi connectivity index (χ0n) is 11.9. The number of hydrogen-bond acceptors (Lipinski definition) is 2. The van der Waals surface area contributed by atoms with Crippen molar-refractivity contribution in [3.63, 3.8) is 0 Å². The van der Waals surface area contributed by atoms with E-state index < -0.39 is 0 Å². The Balaban J connectivity index is 2.51. The Morgan fingerprint density at radius 2 is 2.11 bits per heavy atom. The van der Waals surface area contributed by atoms with Crippen LogP contribution in [0.1, 0.15) is 47.8 Å². The van der Waals surface area contributed by atoms with E-state index in [9.17, 15) is 9.90 Å². The third-order valence-corrected chi connectivity index (χ3v) is 3.55. The van der Waals surface area contributed by atoms with E-state index in [1.165, 1.54) is 0 Å². The second-order valence-corrected chi connectivity index (χ2v) is 5.99. The first-order valence-corrected chi connectivity index (χ1v) is 6.57. The lowest BCUT2D eigenvalue weighted by Gasteiger charge is -2.31. The van der Waals surface area contributed by atoms with Crippen molar-refractivity contribution in [1.29, 1.82) is 0 Å². The van der Waals surface area contributed by atoms with Crippen LogP contribution in [0.15, 0.2) is 24.8 Å². The molecule has 2 rings (SSSR count). The number of nitrogens with zero attached hydrogens (tertiary/aromatic N) is 1. The van der Waals surface area contributed by atoms with Gasteiger partial charge in [-0.05, 0) is 49.9 Å². The molecule has 0 atom stereocenters. The molecular formula is C16H21NO2. The monoisotopic (exact) mass is 259 g/mol. The number of carbonyl (C=O) groups is 1. The molecule has 1 aliphatic rings. The van der Waals surface area contributed by atoms with Gasteiger partial charge in [-0.25, -0.2) is 0 Å². The van der Waals surface area contributed by atoms with Gasteiger partial charge < -0.3 is 10.0 Å². The van der Waals surface area contributed by atoms with Crippen LogP contribution >= 0.6 is 0 Å². The summed E-state index contributed by atoms with van der Waals surface area (Å²) in [5.41, 5.74) is 3.51. The number of rotatable bonds is 3. The highest BCUT2D eigenvalue weighted by Gasteiger charge is 2.35. The Morgan fingerprint density at radius 1 is 1.42 bits per heavy atom. The van der Waals surface area contributed by atoms with Gasteiger partial charge in [-0.15, -0.1) is 6.58 Å². The third-order valence-electron chi connectivity index (χ3n) is 3.55. The zero-order chi connectivity index (χ0) is 14.2. The molecule has 3 nitrogen and oxygen atoms in total. The van der Waals surface area contributed by atoms with Crippen LogP contribution in [0.25, 0.3) is 0 Å². The number of fused-ring (bicyclic) bond motifs is 1. The third kappa shape index (κ3) is 2.43. The number of amides is 1. The average Bonchev–Trinajstić information content (AvgIpc) is 2.67. The second kappa shape index (κ2) is 4.82. The summed E-state index contributed by atoms with van der Waals surface area (Å²) in [7, 11) is 0. The summed E-state index contributed by atoms with van der Waals surface area (Å²) in [6.45, 7) is 10.5. The molecule has 0 bridgehead atoms. The van der Waals surface area contributed by atoms with Gasteiger partial charge in [-0.3, -0.25) is 4.79 Å². The minimum atomic E-state index is -0.194. The van der Waals surface area contributed by atoms with Crippen LogP contribution in [0.5, 0.6) is 0 Å². The van der Waals surface area contributed by atoms with Crippen LogP contribution in [0.4, 0.5) is 0 Å². The maximum Gasteiger partial charge on any atom is 0.254 e. The number of carbonyl (C=O) groups excluding carboxylic acids is 1. The van der Waals surface area contributed by atoms with Gasteiger partial charge in [-0.2, -0.15) is 0 Å². The lowest BCUT2D eigenvalue weighted by molar-refractivity contribution is 0.0609. The highest BCUT2D eigenvalue weighted by atomic mass is 16.3. The first kappa shape index (κ1) is 13.8. The van der Waals surface area contributed by atoms with E-state index in [4.69, 9.17) is 0 Å². The van der Waals surface area contributed by atoms with E-state index in [-0.39, 0.29) is 18.1 Å². The van der Waals surface area contributed by atoms with E-state index in [1.54, 1.807) is 0 Å². The molecule has 0 spiro atoms. The lowest BCUT2D eigenvalue weighted by atomic mass is 9.97. The van der Waals surface area contributed by atoms with Gasteiger partial charge in [-0.1, -0.05) is 12.1 Å². The molecule has 1 aliphatic heterocycles. The van der Waals surface area contributed by atoms with Crippen molar-refractivity contribution >= 4 is 5.91 Å². The van der Waals surface area contributed by atoms with E-state index in [2.05, 4.69) is 6.58 Å². The Morgan fingerprint density at radius 3 is 2.63 bits per heavy atom. The summed E-state index contributed by atoms with van der Waals surface area (Å²) >= 11 is 0. The van der Waals surface area contributed by atoms with Crippen LogP contribution in [-0.4, -0.2) is 21.5 Å². The fraction of sp³-hybridized carbons (Fsp3) is 0.438. The fourth-order valence-electron chi connectivity index (χ4n) is 2.52. The summed E-state index contributed by atoms with van der Waals surface area (Å²) < 4.78 is 0. The number of aliphatic hydroxyl groups is 1. The van der Waals surface area contributed by atoms with Crippen LogP contribution in [0, 0.1) is 0 Å². The van der Waals surface area contributed by atoms with Gasteiger partial charge in [0.15, 0.2) is 0 Å². The molecule has 0 fully saturated rings. The van der Waals surface area contributed by atoms with Gasteiger partial charge in [0.1, 0.15) is 0 Å². The molecule has 0 saturated carbocycles. The van der Waals surface area contributed by atoms with Crippen molar-refractivity contribution in [2.24, 2.45) is 0 Å². The topological polar surface area (TPSA) is 40.5 Å². The van der Waals surface area contributed by atoms with Crippen molar-refractivity contribution in [2.45, 2.75) is 45.9 Å². The van der Waals surface area contributed by atoms with E-state index >= 15 is 0 Å². The van der Waals surface area contributed by atoms with Gasteiger partial charge in [0, 0.05) is 17.6 Å². The standard InChI is InChI=1S/C16H21NO2/c1-5-6-12-7-11(10-18)8-13-14(12)9-17(15(13)19)16(2,3)4/h5,7-8,18H,1,6,9-10H2,2-4H3. The smallest absolute Gasteiger partial charge is 0.254 e. The molecule has 1 heterocycles. The van der Waals surface area contributed by atoms with Crippen LogP contribution in [-0.2, 0) is 19.6 Å². The first-order valence-electron chi connectivity index (χ1n) is 6.57. The molecule has 0 aromatic heterocycles. The molecule has 1 aromatic carbocycles. The molecular weight excluding hydrogens is 238 g/mol. The van der Waals surface area contributed by atoms with E-state index in [0.717, 1.165) is 28.7 Å². The molecule has 1 amide bonds. The van der Waals surface area contributed by atoms with E-state index in [1.807, 2.05) is 43.9 Å². The number of allylic oxidation sites excluding steroid dienone is 1. The molecule has 0 saturated heterocycles. The minimum absolute atomic E-state index is 0.0414. The summed E-state index contributed by atoms with van der Waals surface area (Å²) in [6, 6.07) is 3.79. The number of aliphatic hydroxyl groups excluding tert-OH is 1. The molecule has 1 N–H and O–H groups in total. The molecule has 19 heavy (non-hydrogen) atoms. The van der Waals surface area contributed by atoms with Crippen LogP contribution in [0.3, 0.4) is 0 Å². The predicted molar refractivity (Wildman–Crippen MR) is 75.9 cm³/mol. The van der Waals surface area contributed by atoms with Gasteiger partial charge >= 0.3 is 0 Å². The minimum Gasteiger partial charge on any atom is -0.392 e. The van der Waals surface area contributed by atoms with Crippen molar-refractivity contribution < 1.29 is 9.90 Å². The van der Waals surface area contributed by atoms with Gasteiger partial charge in [0.2, 0.25) is 0 Å². The summed E-state index contributed by atoms with van der Waals surface area (Å²) in [5, 5.41) is 9.32. The predicted octanol–water partition coefficient (Wildman–Crippen LogP) is 2.66. The Hall–Kier alpha value is -1.61. The molecule has 102 valence electrons. The van der Waals surface area contributed by atoms with Crippen molar-refractivity contribution in [3.05, 3.63) is 47.0 Å². The lowest BCUT2D eigenvalue weighted by Crippen LogP contribution is -2.41. The van der Waals surface area contributed by atoms with Gasteiger partial charge in [0.05, 0.1) is 6.61 Å². The Bertz CT molecular complexity index is 526. The van der Waals surface area contributed by atoms with Crippen LogP contribution in [0.2, 0.25) is 0 Å². The first-order chi connectivity index (χ1) is 8.88. The molecule has 0 unspecified atom stereocenters. The highest BCUT2D eigenvalue weighted by Crippen LogP contribution is 2.32. The molecule has 0 radical (unpaired) electrons. The molecule has 3 heteroatoms. The Kier molecular flexibility index (Phi) is 3.50. The maximum atomic E-state index is 12.5. The summed E-state index contributed by atoms with van der Waals surface area (Å²) in [5.74, 6) is 0.0584. The number of benzene rings is 1. The summed E-state index contributed by atoms with van der Waals surface area (Å²) in [6.07, 6.45) is 2.56. The van der Waals surface area contributed by atoms with Crippen molar-refractivity contribution in [2.75, 3.05) is 0 Å². The van der Waals surface area contributed by atoms with Crippen molar-refractivity contribution in [3.8, 4) is 0 Å². The molecule has 1 aromatic rings. The average molecular weight is 259 g/mol.